The summed E-state index contributed by atoms with van der Waals surface area (Å²) in [7, 11) is 0. The highest BCUT2D eigenvalue weighted by Crippen LogP contribution is 2.48. The minimum atomic E-state index is -1.14. The van der Waals surface area contributed by atoms with Crippen molar-refractivity contribution in [2.24, 2.45) is 11.8 Å². The lowest BCUT2D eigenvalue weighted by Crippen LogP contribution is -2.42. The normalized spacial score (nSPS) is 35.0. The summed E-state index contributed by atoms with van der Waals surface area (Å²) in [6.07, 6.45) is 0.983. The van der Waals surface area contributed by atoms with Crippen LogP contribution >= 0.6 is 11.6 Å². The number of aliphatic hydroxyl groups is 1. The summed E-state index contributed by atoms with van der Waals surface area (Å²) < 4.78 is 0. The molecular weight excluding hydrogens is 288 g/mol. The average Bonchev–Trinajstić information content (AvgIpc) is 3.18. The number of aliphatic hydroxyl groups excluding tert-OH is 1. The maximum atomic E-state index is 12.8. The van der Waals surface area contributed by atoms with Crippen molar-refractivity contribution in [3.8, 4) is 0 Å². The van der Waals surface area contributed by atoms with E-state index < -0.39 is 6.10 Å². The Kier molecular flexibility index (Phi) is 3.21. The molecule has 0 aromatic heterocycles. The summed E-state index contributed by atoms with van der Waals surface area (Å²) >= 11 is 6.11. The highest BCUT2D eigenvalue weighted by atomic mass is 35.5. The van der Waals surface area contributed by atoms with Gasteiger partial charge in [-0.25, -0.2) is 0 Å². The number of amides is 1. The van der Waals surface area contributed by atoms with Gasteiger partial charge in [0.05, 0.1) is 0 Å². The fourth-order valence-electron chi connectivity index (χ4n) is 4.57. The third kappa shape index (κ3) is 1.93. The zero-order chi connectivity index (χ0) is 14.6. The number of halogens is 1. The Morgan fingerprint density at radius 3 is 2.48 bits per heavy atom. The van der Waals surface area contributed by atoms with Crippen LogP contribution in [0.3, 0.4) is 0 Å². The Morgan fingerprint density at radius 1 is 1.24 bits per heavy atom. The number of nitrogens with one attached hydrogen (secondary N) is 1. The first-order valence-electron chi connectivity index (χ1n) is 7.64. The number of hydrogen-bond donors (Lipinski definition) is 2. The maximum Gasteiger partial charge on any atom is 0.256 e. The van der Waals surface area contributed by atoms with Crippen LogP contribution in [0.5, 0.6) is 0 Å². The van der Waals surface area contributed by atoms with E-state index in [1.54, 1.807) is 24.3 Å². The number of nitrogens with zero attached hydrogens (tertiary/aromatic N) is 1. The van der Waals surface area contributed by atoms with Gasteiger partial charge in [-0.05, 0) is 30.7 Å². The molecule has 0 saturated carbocycles. The van der Waals surface area contributed by atoms with E-state index in [4.69, 9.17) is 11.6 Å². The van der Waals surface area contributed by atoms with Crippen molar-refractivity contribution in [3.63, 3.8) is 0 Å². The van der Waals surface area contributed by atoms with Crippen LogP contribution in [-0.4, -0.2) is 41.1 Å². The first-order chi connectivity index (χ1) is 10.2. The monoisotopic (exact) mass is 306 g/mol. The molecule has 1 amide bonds. The summed E-state index contributed by atoms with van der Waals surface area (Å²) in [5.74, 6) is 0.947. The minimum absolute atomic E-state index is 0.176. The quantitative estimate of drug-likeness (QED) is 0.872. The molecule has 2 bridgehead atoms. The van der Waals surface area contributed by atoms with Gasteiger partial charge in [-0.2, -0.15) is 0 Å². The number of hydrogen-bond acceptors (Lipinski definition) is 3. The van der Waals surface area contributed by atoms with Crippen molar-refractivity contribution in [1.82, 2.24) is 10.2 Å². The SMILES string of the molecule is O=C([C@H](O)c1ccccc1Cl)N1[C@@H]2CC[C@H]1[C@H]1CNC[C@H]12. The van der Waals surface area contributed by atoms with E-state index in [9.17, 15) is 9.90 Å². The molecule has 3 saturated heterocycles. The predicted molar refractivity (Wildman–Crippen MR) is 79.9 cm³/mol. The molecule has 1 aromatic rings. The smallest absolute Gasteiger partial charge is 0.256 e. The zero-order valence-electron chi connectivity index (χ0n) is 11.7. The van der Waals surface area contributed by atoms with E-state index in [0.717, 1.165) is 25.9 Å². The molecule has 0 spiro atoms. The lowest BCUT2D eigenvalue weighted by molar-refractivity contribution is -0.142. The van der Waals surface area contributed by atoms with E-state index in [-0.39, 0.29) is 5.91 Å². The number of rotatable bonds is 2. The standard InChI is InChI=1S/C16H19ClN2O2/c17-12-4-2-1-3-9(12)15(20)16(21)19-13-5-6-14(19)11-8-18-7-10(11)13/h1-4,10-11,13-15,18,20H,5-8H2/t10-,11+,13-,14+,15-/m1/s1. The average molecular weight is 307 g/mol. The fraction of sp³-hybridized carbons (Fsp3) is 0.562. The van der Waals surface area contributed by atoms with Crippen molar-refractivity contribution < 1.29 is 9.90 Å². The van der Waals surface area contributed by atoms with Gasteiger partial charge in [-0.1, -0.05) is 29.8 Å². The van der Waals surface area contributed by atoms with Crippen molar-refractivity contribution in [2.45, 2.75) is 31.0 Å². The Morgan fingerprint density at radius 2 is 1.86 bits per heavy atom. The second-order valence-corrected chi connectivity index (χ2v) is 6.77. The van der Waals surface area contributed by atoms with Crippen LogP contribution in [0.4, 0.5) is 0 Å². The molecule has 2 N–H and O–H groups in total. The summed E-state index contributed by atoms with van der Waals surface area (Å²) in [6, 6.07) is 7.63. The Labute approximate surface area is 129 Å². The van der Waals surface area contributed by atoms with E-state index in [0.29, 0.717) is 34.5 Å². The molecule has 3 aliphatic heterocycles. The number of fused-ring (bicyclic) bond motifs is 5. The Hall–Kier alpha value is -1.10. The fourth-order valence-corrected chi connectivity index (χ4v) is 4.81. The summed E-state index contributed by atoms with van der Waals surface area (Å²) in [6.45, 7) is 2.00. The second-order valence-electron chi connectivity index (χ2n) is 6.37. The summed E-state index contributed by atoms with van der Waals surface area (Å²) in [5, 5.41) is 14.3. The van der Waals surface area contributed by atoms with Crippen LogP contribution < -0.4 is 5.32 Å². The van der Waals surface area contributed by atoms with Crippen molar-refractivity contribution in [1.29, 1.82) is 0 Å². The Balaban J connectivity index is 1.60. The van der Waals surface area contributed by atoms with Crippen LogP contribution in [0.25, 0.3) is 0 Å². The van der Waals surface area contributed by atoms with Crippen LogP contribution in [-0.2, 0) is 4.79 Å². The summed E-state index contributed by atoms with van der Waals surface area (Å²) in [5.41, 5.74) is 0.513. The molecular formula is C16H19ClN2O2. The first kappa shape index (κ1) is 13.6. The molecule has 1 aromatic carbocycles. The van der Waals surface area contributed by atoms with Gasteiger partial charge in [-0.3, -0.25) is 4.79 Å². The summed E-state index contributed by atoms with van der Waals surface area (Å²) in [4.78, 5) is 14.7. The largest absolute Gasteiger partial charge is 0.378 e. The van der Waals surface area contributed by atoms with Crippen molar-refractivity contribution in [2.75, 3.05) is 13.1 Å². The van der Waals surface area contributed by atoms with Crippen LogP contribution in [0.15, 0.2) is 24.3 Å². The van der Waals surface area contributed by atoms with Gasteiger partial charge < -0.3 is 15.3 Å². The van der Waals surface area contributed by atoms with E-state index in [2.05, 4.69) is 5.32 Å². The minimum Gasteiger partial charge on any atom is -0.378 e. The molecule has 5 atom stereocenters. The molecule has 3 aliphatic rings. The molecule has 4 nitrogen and oxygen atoms in total. The van der Waals surface area contributed by atoms with Crippen LogP contribution in [0, 0.1) is 11.8 Å². The van der Waals surface area contributed by atoms with E-state index in [1.807, 2.05) is 4.90 Å². The maximum absolute atomic E-state index is 12.8. The molecule has 3 fully saturated rings. The molecule has 112 valence electrons. The lowest BCUT2D eigenvalue weighted by atomic mass is 9.82. The van der Waals surface area contributed by atoms with Gasteiger partial charge in [-0.15, -0.1) is 0 Å². The number of benzene rings is 1. The number of carbonyl (C=O) groups excluding carboxylic acids is 1. The lowest BCUT2D eigenvalue weighted by Gasteiger charge is -2.27. The molecule has 4 rings (SSSR count). The van der Waals surface area contributed by atoms with Crippen LogP contribution in [0.1, 0.15) is 24.5 Å². The van der Waals surface area contributed by atoms with Gasteiger partial charge in [0.15, 0.2) is 6.10 Å². The predicted octanol–water partition coefficient (Wildman–Crippen LogP) is 1.58. The molecule has 0 aliphatic carbocycles. The van der Waals surface area contributed by atoms with Gasteiger partial charge >= 0.3 is 0 Å². The molecule has 0 unspecified atom stereocenters. The van der Waals surface area contributed by atoms with Gasteiger partial charge in [0.1, 0.15) is 0 Å². The molecule has 21 heavy (non-hydrogen) atoms. The number of carbonyl (C=O) groups is 1. The Bertz CT molecular complexity index is 561. The third-order valence-corrected chi connectivity index (χ3v) is 5.80. The van der Waals surface area contributed by atoms with E-state index >= 15 is 0 Å². The van der Waals surface area contributed by atoms with Gasteiger partial charge in [0, 0.05) is 35.8 Å². The third-order valence-electron chi connectivity index (χ3n) is 5.46. The first-order valence-corrected chi connectivity index (χ1v) is 8.01. The molecule has 5 heteroatoms. The van der Waals surface area contributed by atoms with Gasteiger partial charge in [0.2, 0.25) is 0 Å². The highest BCUT2D eigenvalue weighted by molar-refractivity contribution is 6.31. The van der Waals surface area contributed by atoms with Crippen molar-refractivity contribution >= 4 is 17.5 Å². The topological polar surface area (TPSA) is 52.6 Å². The van der Waals surface area contributed by atoms with Crippen molar-refractivity contribution in [3.05, 3.63) is 34.9 Å². The second kappa shape index (κ2) is 4.97. The van der Waals surface area contributed by atoms with E-state index in [1.165, 1.54) is 0 Å². The van der Waals surface area contributed by atoms with Crippen LogP contribution in [0.2, 0.25) is 5.02 Å². The van der Waals surface area contributed by atoms with Gasteiger partial charge in [0.25, 0.3) is 5.91 Å². The molecule has 0 radical (unpaired) electrons. The highest BCUT2D eigenvalue weighted by Gasteiger charge is 2.56. The zero-order valence-corrected chi connectivity index (χ0v) is 12.5. The molecule has 3 heterocycles.